The van der Waals surface area contributed by atoms with Crippen molar-refractivity contribution in [2.75, 3.05) is 42.3 Å². The molecule has 0 saturated carbocycles. The fourth-order valence-electron chi connectivity index (χ4n) is 3.39. The Labute approximate surface area is 162 Å². The van der Waals surface area contributed by atoms with E-state index in [0.717, 1.165) is 35.1 Å². The lowest BCUT2D eigenvalue weighted by molar-refractivity contribution is -0.884. The van der Waals surface area contributed by atoms with Crippen LogP contribution in [-0.4, -0.2) is 65.8 Å². The molecule has 3 aromatic heterocycles. The van der Waals surface area contributed by atoms with Crippen LogP contribution >= 0.6 is 0 Å². The topological polar surface area (TPSA) is 40.4 Å². The largest absolute Gasteiger partial charge is 0.354 e. The van der Waals surface area contributed by atoms with Crippen molar-refractivity contribution in [2.24, 2.45) is 0 Å². The highest BCUT2D eigenvalue weighted by Crippen LogP contribution is 2.09. The van der Waals surface area contributed by atoms with Crippen LogP contribution in [0.15, 0.2) is 43.0 Å². The number of H-pyrrole nitrogens is 2. The summed E-state index contributed by atoms with van der Waals surface area (Å²) in [7, 11) is 13.3. The summed E-state index contributed by atoms with van der Waals surface area (Å²) in [4.78, 5) is 7.10. The summed E-state index contributed by atoms with van der Waals surface area (Å²) in [6.45, 7) is 3.74. The van der Waals surface area contributed by atoms with Gasteiger partial charge in [0.25, 0.3) is 0 Å². The standard InChI is InChI=1S/C21H35N6/c1-26(2,3)15-20-9-7-18(22-20)13-24-11-12-25(17-24)14-19-8-10-21(23-19)16-27(4,5)6/h7-12,17,22-23H,13-16H2,1-6H3/q+3. The molecule has 6 nitrogen and oxygen atoms in total. The molecule has 0 amide bonds. The van der Waals surface area contributed by atoms with Crippen molar-refractivity contribution in [3.63, 3.8) is 0 Å². The molecule has 0 unspecified atom stereocenters. The molecule has 0 spiro atoms. The van der Waals surface area contributed by atoms with Crippen molar-refractivity contribution >= 4 is 0 Å². The van der Waals surface area contributed by atoms with E-state index in [1.54, 1.807) is 0 Å². The summed E-state index contributed by atoms with van der Waals surface area (Å²) in [5, 5.41) is 0. The van der Waals surface area contributed by atoms with Gasteiger partial charge in [0.15, 0.2) is 0 Å². The Balaban J connectivity index is 1.59. The number of aromatic nitrogens is 4. The summed E-state index contributed by atoms with van der Waals surface area (Å²) < 4.78 is 6.29. The summed E-state index contributed by atoms with van der Waals surface area (Å²) in [6, 6.07) is 8.78. The van der Waals surface area contributed by atoms with E-state index in [2.05, 4.69) is 104 Å². The number of hydrogen-bond donors (Lipinski definition) is 2. The summed E-state index contributed by atoms with van der Waals surface area (Å²) in [6.07, 6.45) is 6.44. The molecular weight excluding hydrogens is 336 g/mol. The van der Waals surface area contributed by atoms with E-state index in [9.17, 15) is 0 Å². The molecule has 0 aliphatic rings. The number of aromatic amines is 2. The molecule has 2 N–H and O–H groups in total. The van der Waals surface area contributed by atoms with Crippen molar-refractivity contribution in [1.29, 1.82) is 0 Å². The van der Waals surface area contributed by atoms with E-state index in [-0.39, 0.29) is 0 Å². The molecule has 0 aliphatic carbocycles. The van der Waals surface area contributed by atoms with Gasteiger partial charge in [0, 0.05) is 0 Å². The molecule has 0 aromatic carbocycles. The zero-order valence-electron chi connectivity index (χ0n) is 17.7. The van der Waals surface area contributed by atoms with Crippen LogP contribution in [0.5, 0.6) is 0 Å². The van der Waals surface area contributed by atoms with Gasteiger partial charge < -0.3 is 18.9 Å². The molecule has 0 aliphatic heterocycles. The first kappa shape index (κ1) is 19.5. The Kier molecular flexibility index (Phi) is 5.31. The van der Waals surface area contributed by atoms with Crippen LogP contribution in [-0.2, 0) is 26.2 Å². The van der Waals surface area contributed by atoms with Crippen LogP contribution in [0.3, 0.4) is 0 Å². The van der Waals surface area contributed by atoms with Crippen LogP contribution in [0.4, 0.5) is 0 Å². The van der Waals surface area contributed by atoms with Gasteiger partial charge in [-0.15, -0.1) is 0 Å². The van der Waals surface area contributed by atoms with Crippen LogP contribution in [0, 0.1) is 0 Å². The average Bonchev–Trinajstić information content (AvgIpc) is 3.20. The van der Waals surface area contributed by atoms with Gasteiger partial charge >= 0.3 is 0 Å². The maximum atomic E-state index is 3.55. The normalized spacial score (nSPS) is 12.7. The molecule has 0 bridgehead atoms. The molecule has 3 aromatic rings. The molecule has 27 heavy (non-hydrogen) atoms. The second kappa shape index (κ2) is 7.37. The Bertz CT molecular complexity index is 798. The first-order valence-corrected chi connectivity index (χ1v) is 9.55. The maximum Gasteiger partial charge on any atom is 0.244 e. The minimum absolute atomic E-state index is 0.863. The minimum atomic E-state index is 0.863. The van der Waals surface area contributed by atoms with Gasteiger partial charge in [0.05, 0.1) is 65.1 Å². The first-order chi connectivity index (χ1) is 12.6. The highest BCUT2D eigenvalue weighted by atomic mass is 15.3. The summed E-state index contributed by atoms with van der Waals surface area (Å²) >= 11 is 0. The van der Waals surface area contributed by atoms with Gasteiger partial charge in [-0.2, -0.15) is 0 Å². The Morgan fingerprint density at radius 3 is 1.89 bits per heavy atom. The summed E-state index contributed by atoms with van der Waals surface area (Å²) in [5.74, 6) is 0. The minimum Gasteiger partial charge on any atom is -0.354 e. The Morgan fingerprint density at radius 2 is 1.30 bits per heavy atom. The smallest absolute Gasteiger partial charge is 0.244 e. The van der Waals surface area contributed by atoms with Gasteiger partial charge in [0.2, 0.25) is 6.33 Å². The van der Waals surface area contributed by atoms with Gasteiger partial charge in [-0.25, -0.2) is 9.13 Å². The van der Waals surface area contributed by atoms with Crippen molar-refractivity contribution in [2.45, 2.75) is 26.2 Å². The molecule has 3 rings (SSSR count). The molecule has 6 heteroatoms. The van der Waals surface area contributed by atoms with Gasteiger partial charge in [-0.05, 0) is 24.3 Å². The van der Waals surface area contributed by atoms with Crippen LogP contribution in [0.1, 0.15) is 22.8 Å². The van der Waals surface area contributed by atoms with E-state index in [1.807, 2.05) is 0 Å². The van der Waals surface area contributed by atoms with Crippen molar-refractivity contribution in [1.82, 2.24) is 14.5 Å². The molecular formula is C21H35N6+3. The lowest BCUT2D eigenvalue weighted by Gasteiger charge is -2.22. The van der Waals surface area contributed by atoms with Gasteiger partial charge in [0.1, 0.15) is 38.6 Å². The van der Waals surface area contributed by atoms with Crippen LogP contribution in [0.2, 0.25) is 0 Å². The summed E-state index contributed by atoms with van der Waals surface area (Å²) in [5.41, 5.74) is 5.06. The van der Waals surface area contributed by atoms with Crippen molar-refractivity contribution < 1.29 is 13.5 Å². The highest BCUT2D eigenvalue weighted by molar-refractivity contribution is 5.13. The van der Waals surface area contributed by atoms with Crippen molar-refractivity contribution in [3.05, 3.63) is 65.8 Å². The van der Waals surface area contributed by atoms with Crippen LogP contribution in [0.25, 0.3) is 0 Å². The SMILES string of the molecule is C[N+](C)(C)Cc1ccc(Cn2cc[n+](Cc3ccc(C[N+](C)(C)C)[nH]3)c2)[nH]1. The van der Waals surface area contributed by atoms with E-state index < -0.39 is 0 Å². The molecule has 0 fully saturated rings. The van der Waals surface area contributed by atoms with Gasteiger partial charge in [-0.3, -0.25) is 0 Å². The number of nitrogens with one attached hydrogen (secondary N) is 2. The predicted octanol–water partition coefficient (Wildman–Crippen LogP) is 1.94. The number of nitrogens with zero attached hydrogens (tertiary/aromatic N) is 4. The first-order valence-electron chi connectivity index (χ1n) is 9.55. The molecule has 3 heterocycles. The maximum absolute atomic E-state index is 3.55. The third-order valence-electron chi connectivity index (χ3n) is 4.36. The van der Waals surface area contributed by atoms with Crippen LogP contribution < -0.4 is 4.57 Å². The fourth-order valence-corrected chi connectivity index (χ4v) is 3.39. The number of rotatable bonds is 8. The van der Waals surface area contributed by atoms with E-state index in [1.165, 1.54) is 22.8 Å². The quantitative estimate of drug-likeness (QED) is 0.449. The average molecular weight is 372 g/mol. The second-order valence-corrected chi connectivity index (χ2v) is 9.67. The van der Waals surface area contributed by atoms with E-state index in [0.29, 0.717) is 0 Å². The highest BCUT2D eigenvalue weighted by Gasteiger charge is 2.13. The van der Waals surface area contributed by atoms with E-state index >= 15 is 0 Å². The zero-order chi connectivity index (χ0) is 19.7. The monoisotopic (exact) mass is 371 g/mol. The van der Waals surface area contributed by atoms with E-state index in [4.69, 9.17) is 0 Å². The lowest BCUT2D eigenvalue weighted by Crippen LogP contribution is -2.34. The lowest BCUT2D eigenvalue weighted by atomic mass is 10.4. The second-order valence-electron chi connectivity index (χ2n) is 9.67. The number of quaternary nitrogens is 2. The molecule has 146 valence electrons. The Hall–Kier alpha value is -2.31. The number of hydrogen-bond acceptors (Lipinski definition) is 0. The van der Waals surface area contributed by atoms with Gasteiger partial charge in [-0.1, -0.05) is 0 Å². The fraction of sp³-hybridized carbons (Fsp3) is 0.476. The molecule has 0 atom stereocenters. The molecule has 0 saturated heterocycles. The predicted molar refractivity (Wildman–Crippen MR) is 108 cm³/mol. The Morgan fingerprint density at radius 1 is 0.778 bits per heavy atom. The third-order valence-corrected chi connectivity index (χ3v) is 4.36. The molecule has 0 radical (unpaired) electrons. The third kappa shape index (κ3) is 6.12. The number of imidazole rings is 1. The zero-order valence-corrected chi connectivity index (χ0v) is 17.7. The van der Waals surface area contributed by atoms with Crippen molar-refractivity contribution in [3.8, 4) is 0 Å².